The van der Waals surface area contributed by atoms with E-state index in [4.69, 9.17) is 4.74 Å². The number of carbonyl (C=O) groups excluding carboxylic acids is 2. The first-order chi connectivity index (χ1) is 25.5. The Labute approximate surface area is 322 Å². The number of hydrogen-bond acceptors (Lipinski definition) is 5. The van der Waals surface area contributed by atoms with E-state index in [0.717, 1.165) is 70.6 Å². The van der Waals surface area contributed by atoms with Crippen LogP contribution < -0.4 is 5.32 Å². The minimum absolute atomic E-state index is 0.0712. The van der Waals surface area contributed by atoms with Crippen molar-refractivity contribution in [3.63, 3.8) is 0 Å². The standard InChI is InChI=1S/C46H87NO5/c1-4-7-10-13-16-19-21-22-24-26-28-31-34-37-42(52-46(51)39-36-33-30-27-23-20-17-14-11-8-5-2)40-45(50)47-43(41-48)44(49)38-35-32-29-25-18-15-12-9-6-3/h14,17,19,21,42-44,48-49H,4-13,15-16,18,20,22-41H2,1-3H3,(H,47,50)/b17-14-,21-19-. The molecule has 52 heavy (non-hydrogen) atoms. The third-order valence-corrected chi connectivity index (χ3v) is 10.3. The summed E-state index contributed by atoms with van der Waals surface area (Å²) >= 11 is 0. The summed E-state index contributed by atoms with van der Waals surface area (Å²) in [6, 6.07) is -0.699. The van der Waals surface area contributed by atoms with Crippen LogP contribution in [0.15, 0.2) is 24.3 Å². The summed E-state index contributed by atoms with van der Waals surface area (Å²) in [7, 11) is 0. The van der Waals surface area contributed by atoms with Gasteiger partial charge >= 0.3 is 5.97 Å². The average Bonchev–Trinajstić information content (AvgIpc) is 3.13. The van der Waals surface area contributed by atoms with Crippen molar-refractivity contribution in [2.75, 3.05) is 6.61 Å². The normalized spacial score (nSPS) is 13.6. The van der Waals surface area contributed by atoms with Crippen LogP contribution in [0.2, 0.25) is 0 Å². The first kappa shape index (κ1) is 50.3. The molecule has 6 heteroatoms. The fourth-order valence-corrected chi connectivity index (χ4v) is 6.76. The lowest BCUT2D eigenvalue weighted by molar-refractivity contribution is -0.151. The van der Waals surface area contributed by atoms with Crippen molar-refractivity contribution < 1.29 is 24.5 Å². The Balaban J connectivity index is 4.62. The van der Waals surface area contributed by atoms with Crippen molar-refractivity contribution >= 4 is 11.9 Å². The van der Waals surface area contributed by atoms with Crippen LogP contribution in [0.3, 0.4) is 0 Å². The molecule has 0 saturated heterocycles. The summed E-state index contributed by atoms with van der Waals surface area (Å²) in [6.45, 7) is 6.40. The van der Waals surface area contributed by atoms with Crippen molar-refractivity contribution in [1.82, 2.24) is 5.32 Å². The summed E-state index contributed by atoms with van der Waals surface area (Å²) in [5.74, 6) is -0.490. The lowest BCUT2D eigenvalue weighted by Gasteiger charge is -2.24. The van der Waals surface area contributed by atoms with Crippen LogP contribution in [-0.2, 0) is 14.3 Å². The monoisotopic (exact) mass is 734 g/mol. The molecule has 0 rings (SSSR count). The van der Waals surface area contributed by atoms with Gasteiger partial charge in [-0.3, -0.25) is 9.59 Å². The summed E-state index contributed by atoms with van der Waals surface area (Å²) < 4.78 is 5.89. The molecule has 3 atom stereocenters. The number of ether oxygens (including phenoxy) is 1. The maximum atomic E-state index is 13.1. The van der Waals surface area contributed by atoms with Crippen LogP contribution >= 0.6 is 0 Å². The van der Waals surface area contributed by atoms with E-state index in [-0.39, 0.29) is 24.9 Å². The summed E-state index contributed by atoms with van der Waals surface area (Å²) in [5.41, 5.74) is 0. The van der Waals surface area contributed by atoms with Crippen LogP contribution in [0.1, 0.15) is 233 Å². The molecule has 0 fully saturated rings. The van der Waals surface area contributed by atoms with Crippen LogP contribution in [0.25, 0.3) is 0 Å². The van der Waals surface area contributed by atoms with Gasteiger partial charge in [0.1, 0.15) is 6.10 Å². The van der Waals surface area contributed by atoms with Crippen LogP contribution in [0.5, 0.6) is 0 Å². The molecule has 0 aliphatic heterocycles. The van der Waals surface area contributed by atoms with E-state index in [1.165, 1.54) is 116 Å². The maximum absolute atomic E-state index is 13.1. The third kappa shape index (κ3) is 35.4. The zero-order valence-corrected chi connectivity index (χ0v) is 34.7. The lowest BCUT2D eigenvalue weighted by Crippen LogP contribution is -2.46. The Bertz CT molecular complexity index is 828. The van der Waals surface area contributed by atoms with Gasteiger partial charge in [0, 0.05) is 6.42 Å². The van der Waals surface area contributed by atoms with E-state index in [1.807, 2.05) is 0 Å². The largest absolute Gasteiger partial charge is 0.462 e. The molecule has 0 radical (unpaired) electrons. The molecule has 0 bridgehead atoms. The molecule has 0 heterocycles. The molecule has 0 saturated carbocycles. The van der Waals surface area contributed by atoms with E-state index in [9.17, 15) is 19.8 Å². The Kier molecular flexibility index (Phi) is 39.2. The van der Waals surface area contributed by atoms with Crippen LogP contribution in [-0.4, -0.2) is 46.9 Å². The second-order valence-electron chi connectivity index (χ2n) is 15.4. The molecule has 0 spiro atoms. The summed E-state index contributed by atoms with van der Waals surface area (Å²) in [5, 5.41) is 23.6. The first-order valence-electron chi connectivity index (χ1n) is 22.6. The number of allylic oxidation sites excluding steroid dienone is 4. The van der Waals surface area contributed by atoms with E-state index < -0.39 is 18.2 Å². The Morgan fingerprint density at radius 2 is 0.942 bits per heavy atom. The fourth-order valence-electron chi connectivity index (χ4n) is 6.76. The number of esters is 1. The number of carbonyl (C=O) groups is 2. The first-order valence-corrected chi connectivity index (χ1v) is 22.6. The zero-order valence-electron chi connectivity index (χ0n) is 34.7. The van der Waals surface area contributed by atoms with Crippen molar-refractivity contribution in [1.29, 1.82) is 0 Å². The number of hydrogen-bond donors (Lipinski definition) is 3. The van der Waals surface area contributed by atoms with Crippen LogP contribution in [0.4, 0.5) is 0 Å². The highest BCUT2D eigenvalue weighted by Gasteiger charge is 2.24. The van der Waals surface area contributed by atoms with E-state index >= 15 is 0 Å². The molecule has 6 nitrogen and oxygen atoms in total. The minimum Gasteiger partial charge on any atom is -0.462 e. The van der Waals surface area contributed by atoms with Gasteiger partial charge in [0.15, 0.2) is 0 Å². The fraction of sp³-hybridized carbons (Fsp3) is 0.870. The molecule has 0 aromatic rings. The Hall–Kier alpha value is -1.66. The minimum atomic E-state index is -0.785. The average molecular weight is 734 g/mol. The van der Waals surface area contributed by atoms with Crippen LogP contribution in [0, 0.1) is 0 Å². The molecule has 3 unspecified atom stereocenters. The molecule has 3 N–H and O–H groups in total. The quantitative estimate of drug-likeness (QED) is 0.0331. The zero-order chi connectivity index (χ0) is 38.2. The highest BCUT2D eigenvalue weighted by atomic mass is 16.5. The maximum Gasteiger partial charge on any atom is 0.306 e. The second kappa shape index (κ2) is 40.5. The predicted molar refractivity (Wildman–Crippen MR) is 223 cm³/mol. The van der Waals surface area contributed by atoms with Crippen molar-refractivity contribution in [2.24, 2.45) is 0 Å². The lowest BCUT2D eigenvalue weighted by atomic mass is 10.0. The van der Waals surface area contributed by atoms with E-state index in [1.54, 1.807) is 0 Å². The third-order valence-electron chi connectivity index (χ3n) is 10.3. The molecular formula is C46H87NO5. The predicted octanol–water partition coefficient (Wildman–Crippen LogP) is 12.8. The number of unbranched alkanes of at least 4 members (excludes halogenated alkanes) is 24. The molecule has 0 aliphatic carbocycles. The van der Waals surface area contributed by atoms with Gasteiger partial charge in [-0.15, -0.1) is 0 Å². The van der Waals surface area contributed by atoms with Crippen molar-refractivity contribution in [3.05, 3.63) is 24.3 Å². The smallest absolute Gasteiger partial charge is 0.306 e. The molecular weight excluding hydrogens is 647 g/mol. The highest BCUT2D eigenvalue weighted by molar-refractivity contribution is 5.77. The van der Waals surface area contributed by atoms with Gasteiger partial charge in [-0.25, -0.2) is 0 Å². The van der Waals surface area contributed by atoms with Gasteiger partial charge in [-0.1, -0.05) is 173 Å². The summed E-state index contributed by atoms with van der Waals surface area (Å²) in [6.07, 6.45) is 43.8. The highest BCUT2D eigenvalue weighted by Crippen LogP contribution is 2.17. The van der Waals surface area contributed by atoms with Gasteiger partial charge in [-0.05, 0) is 70.6 Å². The molecule has 0 aromatic carbocycles. The number of aliphatic hydroxyl groups is 2. The van der Waals surface area contributed by atoms with Gasteiger partial charge in [0.25, 0.3) is 0 Å². The number of amides is 1. The molecule has 0 aliphatic rings. The van der Waals surface area contributed by atoms with Gasteiger partial charge in [-0.2, -0.15) is 0 Å². The van der Waals surface area contributed by atoms with E-state index in [2.05, 4.69) is 50.4 Å². The SMILES string of the molecule is CCCC/C=C\CCCCCCCC(=O)OC(CCCCCCC/C=C\CCCCCC)CC(=O)NC(CO)C(O)CCCCCCCCCCC. The van der Waals surface area contributed by atoms with Gasteiger partial charge in [0.05, 0.1) is 25.2 Å². The van der Waals surface area contributed by atoms with Gasteiger partial charge < -0.3 is 20.3 Å². The topological polar surface area (TPSA) is 95.9 Å². The van der Waals surface area contributed by atoms with Crippen molar-refractivity contribution in [2.45, 2.75) is 251 Å². The van der Waals surface area contributed by atoms with Crippen molar-refractivity contribution in [3.8, 4) is 0 Å². The molecule has 1 amide bonds. The number of aliphatic hydroxyl groups excluding tert-OH is 2. The Morgan fingerprint density at radius 3 is 1.44 bits per heavy atom. The van der Waals surface area contributed by atoms with E-state index in [0.29, 0.717) is 19.3 Å². The molecule has 0 aromatic heterocycles. The molecule has 306 valence electrons. The number of nitrogens with one attached hydrogen (secondary N) is 1. The second-order valence-corrected chi connectivity index (χ2v) is 15.4. The van der Waals surface area contributed by atoms with Gasteiger partial charge in [0.2, 0.25) is 5.91 Å². The number of rotatable bonds is 40. The summed E-state index contributed by atoms with van der Waals surface area (Å²) in [4.78, 5) is 25.9. The Morgan fingerprint density at radius 1 is 0.538 bits per heavy atom.